The zero-order valence-corrected chi connectivity index (χ0v) is 17.4. The van der Waals surface area contributed by atoms with Crippen molar-refractivity contribution in [1.29, 1.82) is 0 Å². The molecule has 0 aromatic heterocycles. The Hall–Kier alpha value is -3.29. The fourth-order valence-electron chi connectivity index (χ4n) is 4.12. The first kappa shape index (κ1) is 18.7. The zero-order chi connectivity index (χ0) is 20.7. The highest BCUT2D eigenvalue weighted by Gasteiger charge is 2.44. The van der Waals surface area contributed by atoms with Crippen LogP contribution in [-0.2, 0) is 4.57 Å². The number of benzene rings is 4. The van der Waals surface area contributed by atoms with Gasteiger partial charge in [0.1, 0.15) is 17.2 Å². The number of fused-ring (bicyclic) bond motifs is 3. The molecule has 0 saturated heterocycles. The first-order valence-electron chi connectivity index (χ1n) is 9.90. The third-order valence-electron chi connectivity index (χ3n) is 5.59. The van der Waals surface area contributed by atoms with Crippen molar-refractivity contribution in [1.82, 2.24) is 0 Å². The summed E-state index contributed by atoms with van der Waals surface area (Å²) in [5, 5.41) is 10.5. The summed E-state index contributed by atoms with van der Waals surface area (Å²) in [6.45, 7) is 2.03. The number of phenols is 1. The maximum Gasteiger partial charge on any atom is 0.289 e. The van der Waals surface area contributed by atoms with Crippen molar-refractivity contribution in [3.63, 3.8) is 0 Å². The quantitative estimate of drug-likeness (QED) is 0.393. The van der Waals surface area contributed by atoms with Crippen LogP contribution in [0.2, 0.25) is 0 Å². The van der Waals surface area contributed by atoms with Gasteiger partial charge >= 0.3 is 0 Å². The molecule has 1 aliphatic rings. The molecule has 4 aromatic rings. The molecule has 0 saturated carbocycles. The number of hydrogen-bond donors (Lipinski definition) is 1. The second kappa shape index (κ2) is 7.19. The van der Waals surface area contributed by atoms with Crippen molar-refractivity contribution in [3.8, 4) is 22.6 Å². The average Bonchev–Trinajstić information content (AvgIpc) is 2.77. The minimum atomic E-state index is -3.40. The van der Waals surface area contributed by atoms with Crippen molar-refractivity contribution < 1.29 is 14.2 Å². The molecule has 4 aromatic carbocycles. The monoisotopic (exact) mass is 412 g/mol. The van der Waals surface area contributed by atoms with Crippen LogP contribution in [-0.4, -0.2) is 5.11 Å². The average molecular weight is 412 g/mol. The highest BCUT2D eigenvalue weighted by Crippen LogP contribution is 2.65. The van der Waals surface area contributed by atoms with E-state index in [0.717, 1.165) is 33.1 Å². The van der Waals surface area contributed by atoms with Gasteiger partial charge in [0.15, 0.2) is 0 Å². The van der Waals surface area contributed by atoms with Gasteiger partial charge in [-0.3, -0.25) is 4.57 Å². The smallest absolute Gasteiger partial charge is 0.289 e. The summed E-state index contributed by atoms with van der Waals surface area (Å²) in [4.78, 5) is 0. The maximum absolute atomic E-state index is 14.8. The summed E-state index contributed by atoms with van der Waals surface area (Å²) >= 11 is 0. The molecule has 1 aliphatic heterocycles. The first-order valence-corrected chi connectivity index (χ1v) is 11.6. The van der Waals surface area contributed by atoms with Crippen molar-refractivity contribution in [2.45, 2.75) is 12.6 Å². The molecular formula is C26H21O3P. The van der Waals surface area contributed by atoms with E-state index in [-0.39, 0.29) is 5.75 Å². The molecule has 2 atom stereocenters. The second-order valence-electron chi connectivity index (χ2n) is 7.61. The molecule has 148 valence electrons. The Morgan fingerprint density at radius 3 is 2.00 bits per heavy atom. The van der Waals surface area contributed by atoms with E-state index in [1.165, 1.54) is 0 Å². The fourth-order valence-corrected chi connectivity index (χ4v) is 7.01. The zero-order valence-electron chi connectivity index (χ0n) is 16.5. The van der Waals surface area contributed by atoms with E-state index < -0.39 is 13.0 Å². The lowest BCUT2D eigenvalue weighted by molar-refractivity contribution is 0.474. The number of aromatic hydroxyl groups is 1. The van der Waals surface area contributed by atoms with Gasteiger partial charge in [0.2, 0.25) is 0 Å². The molecular weight excluding hydrogens is 391 g/mol. The highest BCUT2D eigenvalue weighted by molar-refractivity contribution is 7.68. The van der Waals surface area contributed by atoms with Crippen LogP contribution in [0.15, 0.2) is 97.1 Å². The van der Waals surface area contributed by atoms with Crippen molar-refractivity contribution >= 4 is 12.7 Å². The molecule has 0 aliphatic carbocycles. The van der Waals surface area contributed by atoms with E-state index in [2.05, 4.69) is 0 Å². The summed E-state index contributed by atoms with van der Waals surface area (Å²) in [5.74, 6) is 0.811. The molecule has 0 spiro atoms. The third-order valence-corrected chi connectivity index (χ3v) is 8.40. The van der Waals surface area contributed by atoms with Crippen LogP contribution in [0.4, 0.5) is 0 Å². The Kier molecular flexibility index (Phi) is 4.49. The lowest BCUT2D eigenvalue weighted by Gasteiger charge is -2.34. The molecule has 0 fully saturated rings. The van der Waals surface area contributed by atoms with Crippen LogP contribution in [0, 0.1) is 6.92 Å². The molecule has 0 amide bonds. The van der Waals surface area contributed by atoms with Crippen LogP contribution in [0.3, 0.4) is 0 Å². The molecule has 3 nitrogen and oxygen atoms in total. The van der Waals surface area contributed by atoms with Crippen LogP contribution in [0.25, 0.3) is 11.1 Å². The van der Waals surface area contributed by atoms with Gasteiger partial charge in [-0.1, -0.05) is 78.4 Å². The maximum atomic E-state index is 14.8. The van der Waals surface area contributed by atoms with Crippen LogP contribution >= 0.6 is 7.37 Å². The molecule has 0 radical (unpaired) electrons. The fraction of sp³-hybridized carbons (Fsp3) is 0.0769. The lowest BCUT2D eigenvalue weighted by Crippen LogP contribution is -2.22. The van der Waals surface area contributed by atoms with Gasteiger partial charge in [-0.25, -0.2) is 0 Å². The van der Waals surface area contributed by atoms with Crippen molar-refractivity contribution in [2.75, 3.05) is 0 Å². The van der Waals surface area contributed by atoms with Crippen LogP contribution in [0.1, 0.15) is 22.3 Å². The predicted molar refractivity (Wildman–Crippen MR) is 121 cm³/mol. The van der Waals surface area contributed by atoms with Crippen molar-refractivity contribution in [2.24, 2.45) is 0 Å². The minimum absolute atomic E-state index is 0.176. The largest absolute Gasteiger partial charge is 0.508 e. The van der Waals surface area contributed by atoms with Gasteiger partial charge in [0.25, 0.3) is 7.37 Å². The number of rotatable bonds is 3. The van der Waals surface area contributed by atoms with E-state index in [1.54, 1.807) is 12.1 Å². The number of hydrogen-bond acceptors (Lipinski definition) is 3. The Labute approximate surface area is 176 Å². The third kappa shape index (κ3) is 3.03. The standard InChI is InChI=1S/C26H21O3P/c1-18-10-12-19(13-11-18)26(20-14-16-21(27)17-15-20)30(28)25-9-5-3-7-23(25)22-6-2-4-8-24(22)29-30/h2-17,26-27H,1H3. The summed E-state index contributed by atoms with van der Waals surface area (Å²) in [7, 11) is -3.40. The van der Waals surface area contributed by atoms with Gasteiger partial charge in [-0.2, -0.15) is 0 Å². The van der Waals surface area contributed by atoms with Crippen LogP contribution < -0.4 is 9.83 Å². The molecule has 1 N–H and O–H groups in total. The lowest BCUT2D eigenvalue weighted by atomic mass is 10.0. The van der Waals surface area contributed by atoms with Crippen molar-refractivity contribution in [3.05, 3.63) is 114 Å². The second-order valence-corrected chi connectivity index (χ2v) is 9.98. The number of para-hydroxylation sites is 1. The normalized spacial score (nSPS) is 18.0. The van der Waals surface area contributed by atoms with Gasteiger partial charge in [0, 0.05) is 5.56 Å². The molecule has 5 rings (SSSR count). The molecule has 1 heterocycles. The van der Waals surface area contributed by atoms with E-state index in [1.807, 2.05) is 91.9 Å². The molecule has 4 heteroatoms. The predicted octanol–water partition coefficient (Wildman–Crippen LogP) is 6.45. The van der Waals surface area contributed by atoms with Gasteiger partial charge in [0.05, 0.1) is 5.30 Å². The van der Waals surface area contributed by atoms with E-state index in [0.29, 0.717) is 5.75 Å². The Morgan fingerprint density at radius 1 is 0.733 bits per heavy atom. The highest BCUT2D eigenvalue weighted by atomic mass is 31.2. The van der Waals surface area contributed by atoms with Gasteiger partial charge in [-0.15, -0.1) is 0 Å². The number of phenolic OH excluding ortho intramolecular Hbond substituents is 1. The first-order chi connectivity index (χ1) is 14.6. The van der Waals surface area contributed by atoms with Crippen LogP contribution in [0.5, 0.6) is 11.5 Å². The summed E-state index contributed by atoms with van der Waals surface area (Å²) < 4.78 is 21.2. The summed E-state index contributed by atoms with van der Waals surface area (Å²) in [5.41, 5.74) is 4.30. The Balaban J connectivity index is 1.78. The van der Waals surface area contributed by atoms with Gasteiger partial charge in [-0.05, 0) is 47.9 Å². The number of aryl methyl sites for hydroxylation is 1. The molecule has 30 heavy (non-hydrogen) atoms. The van der Waals surface area contributed by atoms with E-state index >= 15 is 0 Å². The molecule has 2 unspecified atom stereocenters. The summed E-state index contributed by atoms with van der Waals surface area (Å²) in [6, 6.07) is 30.5. The summed E-state index contributed by atoms with van der Waals surface area (Å²) in [6.07, 6.45) is 0. The van der Waals surface area contributed by atoms with E-state index in [9.17, 15) is 9.67 Å². The Morgan fingerprint density at radius 2 is 1.30 bits per heavy atom. The molecule has 0 bridgehead atoms. The SMILES string of the molecule is Cc1ccc(C(c2ccc(O)cc2)P2(=O)Oc3ccccc3-c3ccccc32)cc1. The van der Waals surface area contributed by atoms with Gasteiger partial charge < -0.3 is 9.63 Å². The Bertz CT molecular complexity index is 1210. The minimum Gasteiger partial charge on any atom is -0.508 e. The topological polar surface area (TPSA) is 46.5 Å². The van der Waals surface area contributed by atoms with E-state index in [4.69, 9.17) is 4.52 Å².